The zero-order chi connectivity index (χ0) is 29.7. The van der Waals surface area contributed by atoms with Crippen molar-refractivity contribution in [2.75, 3.05) is 126 Å². The van der Waals surface area contributed by atoms with Crippen LogP contribution in [-0.4, -0.2) is 132 Å². The Morgan fingerprint density at radius 2 is 0.780 bits per heavy atom. The molecule has 0 heterocycles. The summed E-state index contributed by atoms with van der Waals surface area (Å²) in [6, 6.07) is 0. The minimum atomic E-state index is -0.143. The van der Waals surface area contributed by atoms with Gasteiger partial charge in [0, 0.05) is 6.42 Å². The summed E-state index contributed by atoms with van der Waals surface area (Å²) >= 11 is 0. The van der Waals surface area contributed by atoms with Gasteiger partial charge in [0.1, 0.15) is 13.2 Å². The lowest BCUT2D eigenvalue weighted by Gasteiger charge is -2.09. The third-order valence-electron chi connectivity index (χ3n) is 5.39. The highest BCUT2D eigenvalue weighted by Gasteiger charge is 2.02. The Kier molecular flexibility index (Phi) is 35.5. The maximum atomic E-state index is 11.6. The van der Waals surface area contributed by atoms with Crippen molar-refractivity contribution in [3.8, 4) is 12.3 Å². The van der Waals surface area contributed by atoms with Crippen LogP contribution < -0.4 is 0 Å². The quantitative estimate of drug-likeness (QED) is 0.0615. The van der Waals surface area contributed by atoms with E-state index >= 15 is 0 Å². The molecule has 0 atom stereocenters. The lowest BCUT2D eigenvalue weighted by molar-refractivity contribution is -0.145. The van der Waals surface area contributed by atoms with E-state index in [2.05, 4.69) is 12.8 Å². The largest absolute Gasteiger partial charge is 0.463 e. The van der Waals surface area contributed by atoms with Gasteiger partial charge in [-0.25, -0.2) is 0 Å². The van der Waals surface area contributed by atoms with E-state index in [1.165, 1.54) is 25.7 Å². The molecule has 41 heavy (non-hydrogen) atoms. The first-order chi connectivity index (χ1) is 20.3. The predicted molar refractivity (Wildman–Crippen MR) is 155 cm³/mol. The molecule has 0 aromatic rings. The Bertz CT molecular complexity index is 557. The van der Waals surface area contributed by atoms with Crippen molar-refractivity contribution in [1.82, 2.24) is 0 Å². The molecule has 0 aliphatic rings. The van der Waals surface area contributed by atoms with Crippen LogP contribution in [0.25, 0.3) is 0 Å². The number of carbonyl (C=O) groups excluding carboxylic acids is 1. The molecular weight excluding hydrogens is 536 g/mol. The van der Waals surface area contributed by atoms with E-state index in [1.54, 1.807) is 0 Å². The fourth-order valence-corrected chi connectivity index (χ4v) is 3.23. The smallest absolute Gasteiger partial charge is 0.305 e. The van der Waals surface area contributed by atoms with Gasteiger partial charge < -0.3 is 47.4 Å². The van der Waals surface area contributed by atoms with E-state index < -0.39 is 0 Å². The van der Waals surface area contributed by atoms with Crippen LogP contribution in [0.5, 0.6) is 0 Å². The van der Waals surface area contributed by atoms with E-state index in [0.29, 0.717) is 125 Å². The van der Waals surface area contributed by atoms with Crippen LogP contribution in [0.2, 0.25) is 0 Å². The lowest BCUT2D eigenvalue weighted by Crippen LogP contribution is -2.15. The molecule has 0 aromatic carbocycles. The molecule has 0 aliphatic carbocycles. The van der Waals surface area contributed by atoms with Gasteiger partial charge in [-0.3, -0.25) is 4.79 Å². The van der Waals surface area contributed by atoms with E-state index in [4.69, 9.17) is 53.8 Å². The Morgan fingerprint density at radius 1 is 0.463 bits per heavy atom. The number of terminal acetylenes is 1. The average Bonchev–Trinajstić information content (AvgIpc) is 2.98. The molecule has 0 rings (SSSR count). The highest BCUT2D eigenvalue weighted by Crippen LogP contribution is 2.07. The molecule has 11 heteroatoms. The Balaban J connectivity index is 3.09. The molecule has 0 N–H and O–H groups in total. The van der Waals surface area contributed by atoms with Crippen LogP contribution in [0.3, 0.4) is 0 Å². The van der Waals surface area contributed by atoms with Gasteiger partial charge in [-0.15, -0.1) is 6.42 Å². The summed E-state index contributed by atoms with van der Waals surface area (Å²) in [7, 11) is 0. The molecule has 11 nitrogen and oxygen atoms in total. The van der Waals surface area contributed by atoms with E-state index in [1.807, 2.05) is 0 Å². The van der Waals surface area contributed by atoms with Crippen molar-refractivity contribution >= 4 is 5.97 Å². The summed E-state index contributed by atoms with van der Waals surface area (Å²) in [5.74, 6) is 2.25. The molecule has 0 bridgehead atoms. The maximum absolute atomic E-state index is 11.6. The van der Waals surface area contributed by atoms with Crippen molar-refractivity contribution in [3.63, 3.8) is 0 Å². The first-order valence-corrected chi connectivity index (χ1v) is 15.1. The van der Waals surface area contributed by atoms with Crippen LogP contribution in [0.15, 0.2) is 0 Å². The summed E-state index contributed by atoms with van der Waals surface area (Å²) in [4.78, 5) is 11.6. The molecular formula is C30H56O11. The van der Waals surface area contributed by atoms with Crippen molar-refractivity contribution < 1.29 is 52.2 Å². The summed E-state index contributed by atoms with van der Waals surface area (Å²) in [6.07, 6.45) is 12.5. The van der Waals surface area contributed by atoms with Crippen LogP contribution in [-0.2, 0) is 52.2 Å². The molecule has 242 valence electrons. The number of rotatable bonds is 35. The van der Waals surface area contributed by atoms with Gasteiger partial charge in [-0.1, -0.05) is 44.9 Å². The minimum Gasteiger partial charge on any atom is -0.463 e. The molecule has 0 fully saturated rings. The molecule has 0 saturated heterocycles. The first-order valence-electron chi connectivity index (χ1n) is 15.1. The number of esters is 1. The second-order valence-electron chi connectivity index (χ2n) is 8.89. The molecule has 0 unspecified atom stereocenters. The van der Waals surface area contributed by atoms with Crippen LogP contribution in [0.1, 0.15) is 51.9 Å². The zero-order valence-corrected chi connectivity index (χ0v) is 25.5. The van der Waals surface area contributed by atoms with Crippen molar-refractivity contribution in [1.29, 1.82) is 0 Å². The van der Waals surface area contributed by atoms with Crippen molar-refractivity contribution in [3.05, 3.63) is 0 Å². The molecule has 0 aromatic heterocycles. The predicted octanol–water partition coefficient (Wildman–Crippen LogP) is 3.06. The van der Waals surface area contributed by atoms with E-state index in [-0.39, 0.29) is 12.6 Å². The highest BCUT2D eigenvalue weighted by molar-refractivity contribution is 5.69. The Labute approximate surface area is 248 Å². The third-order valence-corrected chi connectivity index (χ3v) is 5.39. The summed E-state index contributed by atoms with van der Waals surface area (Å²) < 4.78 is 53.6. The Hall–Kier alpha value is -1.33. The molecule has 0 aliphatic heterocycles. The fraction of sp³-hybridized carbons (Fsp3) is 0.900. The Morgan fingerprint density at radius 3 is 1.15 bits per heavy atom. The third kappa shape index (κ3) is 36.6. The first kappa shape index (κ1) is 39.7. The van der Waals surface area contributed by atoms with Crippen LogP contribution in [0.4, 0.5) is 0 Å². The topological polar surface area (TPSA) is 109 Å². The van der Waals surface area contributed by atoms with Crippen LogP contribution in [0, 0.1) is 12.3 Å². The SMILES string of the molecule is C#CCOCCOCCOCCOCCOCCOCCOCCOCCOCCOC(=O)CCCCCCCC. The normalized spacial score (nSPS) is 11.1. The van der Waals surface area contributed by atoms with Gasteiger partial charge in [0.15, 0.2) is 0 Å². The highest BCUT2D eigenvalue weighted by atomic mass is 16.6. The second kappa shape index (κ2) is 36.7. The van der Waals surface area contributed by atoms with Gasteiger partial charge in [-0.05, 0) is 6.42 Å². The van der Waals surface area contributed by atoms with E-state index in [9.17, 15) is 4.79 Å². The summed E-state index contributed by atoms with van der Waals surface area (Å²) in [6.45, 7) is 11.1. The summed E-state index contributed by atoms with van der Waals surface area (Å²) in [5.41, 5.74) is 0. The number of hydrogen-bond donors (Lipinski definition) is 0. The van der Waals surface area contributed by atoms with Crippen LogP contribution >= 0.6 is 0 Å². The van der Waals surface area contributed by atoms with Crippen molar-refractivity contribution in [2.24, 2.45) is 0 Å². The number of ether oxygens (including phenoxy) is 10. The minimum absolute atomic E-state index is 0.143. The zero-order valence-electron chi connectivity index (χ0n) is 25.5. The monoisotopic (exact) mass is 592 g/mol. The van der Waals surface area contributed by atoms with E-state index in [0.717, 1.165) is 12.8 Å². The van der Waals surface area contributed by atoms with Gasteiger partial charge in [-0.2, -0.15) is 0 Å². The molecule has 0 radical (unpaired) electrons. The second-order valence-corrected chi connectivity index (χ2v) is 8.89. The molecule has 0 spiro atoms. The van der Waals surface area contributed by atoms with Gasteiger partial charge in [0.05, 0.1) is 112 Å². The van der Waals surface area contributed by atoms with Gasteiger partial charge in [0.2, 0.25) is 0 Å². The lowest BCUT2D eigenvalue weighted by atomic mass is 10.1. The summed E-state index contributed by atoms with van der Waals surface area (Å²) in [5, 5.41) is 0. The standard InChI is InChI=1S/C30H56O11/c1-3-5-6-7-8-9-10-30(31)41-29-28-40-27-26-39-25-24-38-23-22-37-21-20-36-19-18-35-17-16-34-15-14-33-13-12-32-11-4-2/h2H,3,5-29H2,1H3. The van der Waals surface area contributed by atoms with Crippen molar-refractivity contribution in [2.45, 2.75) is 51.9 Å². The van der Waals surface area contributed by atoms with Gasteiger partial charge in [0.25, 0.3) is 0 Å². The molecule has 0 saturated carbocycles. The average molecular weight is 593 g/mol. The molecule has 0 amide bonds. The fourth-order valence-electron chi connectivity index (χ4n) is 3.23. The number of carbonyl (C=O) groups is 1. The number of hydrogen-bond acceptors (Lipinski definition) is 11. The van der Waals surface area contributed by atoms with Gasteiger partial charge >= 0.3 is 5.97 Å². The number of unbranched alkanes of at least 4 members (excludes halogenated alkanes) is 5. The maximum Gasteiger partial charge on any atom is 0.305 e.